The standard InChI is InChI=1S/C13H24N2O3/c1-13(2,3)18-12(16)15-4-5-17-11(8-15)10-6-9(10)7-14/h9-11H,4-8,14H2,1-3H3. The molecule has 1 saturated heterocycles. The lowest BCUT2D eigenvalue weighted by Gasteiger charge is -2.34. The topological polar surface area (TPSA) is 64.8 Å². The van der Waals surface area contributed by atoms with E-state index in [1.54, 1.807) is 4.90 Å². The van der Waals surface area contributed by atoms with Crippen molar-refractivity contribution in [1.82, 2.24) is 4.90 Å². The monoisotopic (exact) mass is 256 g/mol. The van der Waals surface area contributed by atoms with E-state index in [0.29, 0.717) is 31.5 Å². The van der Waals surface area contributed by atoms with Gasteiger partial charge in [0.05, 0.1) is 19.3 Å². The highest BCUT2D eigenvalue weighted by Gasteiger charge is 2.45. The molecule has 3 unspecified atom stereocenters. The molecular weight excluding hydrogens is 232 g/mol. The van der Waals surface area contributed by atoms with Gasteiger partial charge in [0.15, 0.2) is 0 Å². The average molecular weight is 256 g/mol. The molecule has 2 fully saturated rings. The molecular formula is C13H24N2O3. The molecule has 2 N–H and O–H groups in total. The van der Waals surface area contributed by atoms with Crippen LogP contribution in [0.4, 0.5) is 4.79 Å². The molecule has 2 aliphatic rings. The van der Waals surface area contributed by atoms with Crippen molar-refractivity contribution >= 4 is 6.09 Å². The van der Waals surface area contributed by atoms with E-state index >= 15 is 0 Å². The Morgan fingerprint density at radius 1 is 1.50 bits per heavy atom. The zero-order valence-corrected chi connectivity index (χ0v) is 11.5. The highest BCUT2D eigenvalue weighted by Crippen LogP contribution is 2.42. The van der Waals surface area contributed by atoms with Gasteiger partial charge in [-0.15, -0.1) is 0 Å². The molecule has 1 aliphatic heterocycles. The first-order chi connectivity index (χ1) is 8.40. The highest BCUT2D eigenvalue weighted by molar-refractivity contribution is 5.68. The zero-order valence-electron chi connectivity index (χ0n) is 11.5. The Bertz CT molecular complexity index is 314. The molecule has 0 radical (unpaired) electrons. The Balaban J connectivity index is 1.85. The van der Waals surface area contributed by atoms with E-state index in [2.05, 4.69) is 0 Å². The van der Waals surface area contributed by atoms with Gasteiger partial charge in [0.2, 0.25) is 0 Å². The smallest absolute Gasteiger partial charge is 0.410 e. The fraction of sp³-hybridized carbons (Fsp3) is 0.923. The van der Waals surface area contributed by atoms with Crippen molar-refractivity contribution in [2.75, 3.05) is 26.2 Å². The Kier molecular flexibility index (Phi) is 3.82. The maximum atomic E-state index is 12.0. The fourth-order valence-corrected chi connectivity index (χ4v) is 2.42. The van der Waals surface area contributed by atoms with E-state index in [-0.39, 0.29) is 12.2 Å². The minimum Gasteiger partial charge on any atom is -0.444 e. The maximum Gasteiger partial charge on any atom is 0.410 e. The van der Waals surface area contributed by atoms with Crippen LogP contribution in [0.5, 0.6) is 0 Å². The number of morpholine rings is 1. The van der Waals surface area contributed by atoms with Gasteiger partial charge in [0, 0.05) is 6.54 Å². The molecule has 5 heteroatoms. The molecule has 1 saturated carbocycles. The number of carbonyl (C=O) groups excluding carboxylic acids is 1. The second kappa shape index (κ2) is 5.05. The summed E-state index contributed by atoms with van der Waals surface area (Å²) in [7, 11) is 0. The number of ether oxygens (including phenoxy) is 2. The average Bonchev–Trinajstić information content (AvgIpc) is 3.06. The molecule has 0 aromatic carbocycles. The van der Waals surface area contributed by atoms with E-state index in [1.807, 2.05) is 20.8 Å². The van der Waals surface area contributed by atoms with E-state index < -0.39 is 5.60 Å². The molecule has 104 valence electrons. The molecule has 0 aromatic heterocycles. The lowest BCUT2D eigenvalue weighted by Crippen LogP contribution is -2.48. The summed E-state index contributed by atoms with van der Waals surface area (Å²) in [5.74, 6) is 1.11. The number of nitrogens with zero attached hydrogens (tertiary/aromatic N) is 1. The largest absolute Gasteiger partial charge is 0.444 e. The summed E-state index contributed by atoms with van der Waals surface area (Å²) >= 11 is 0. The molecule has 0 bridgehead atoms. The number of amides is 1. The number of carbonyl (C=O) groups is 1. The van der Waals surface area contributed by atoms with Crippen molar-refractivity contribution in [1.29, 1.82) is 0 Å². The third-order valence-electron chi connectivity index (χ3n) is 3.50. The first-order valence-corrected chi connectivity index (χ1v) is 6.70. The van der Waals surface area contributed by atoms with Crippen molar-refractivity contribution < 1.29 is 14.3 Å². The van der Waals surface area contributed by atoms with Crippen molar-refractivity contribution in [2.45, 2.75) is 38.9 Å². The number of hydrogen-bond donors (Lipinski definition) is 1. The SMILES string of the molecule is CC(C)(C)OC(=O)N1CCOC(C2CC2CN)C1. The van der Waals surface area contributed by atoms with Crippen molar-refractivity contribution in [3.05, 3.63) is 0 Å². The van der Waals surface area contributed by atoms with Gasteiger partial charge in [-0.1, -0.05) is 0 Å². The van der Waals surface area contributed by atoms with Crippen LogP contribution in [0.2, 0.25) is 0 Å². The summed E-state index contributed by atoms with van der Waals surface area (Å²) in [5, 5.41) is 0. The summed E-state index contributed by atoms with van der Waals surface area (Å²) in [6, 6.07) is 0. The predicted molar refractivity (Wildman–Crippen MR) is 68.2 cm³/mol. The summed E-state index contributed by atoms with van der Waals surface area (Å²) < 4.78 is 11.1. The van der Waals surface area contributed by atoms with Gasteiger partial charge in [0.1, 0.15) is 5.60 Å². The second-order valence-electron chi connectivity index (χ2n) is 6.23. The van der Waals surface area contributed by atoms with Gasteiger partial charge < -0.3 is 20.1 Å². The molecule has 2 rings (SSSR count). The summed E-state index contributed by atoms with van der Waals surface area (Å²) in [5.41, 5.74) is 5.21. The molecule has 5 nitrogen and oxygen atoms in total. The second-order valence-corrected chi connectivity index (χ2v) is 6.23. The molecule has 0 spiro atoms. The van der Waals surface area contributed by atoms with E-state index in [4.69, 9.17) is 15.2 Å². The summed E-state index contributed by atoms with van der Waals surface area (Å²) in [6.07, 6.45) is 1.03. The number of hydrogen-bond acceptors (Lipinski definition) is 4. The Labute approximate surface area is 109 Å². The first kappa shape index (κ1) is 13.6. The van der Waals surface area contributed by atoms with Crippen LogP contribution < -0.4 is 5.73 Å². The third-order valence-corrected chi connectivity index (χ3v) is 3.50. The van der Waals surface area contributed by atoms with Crippen LogP contribution in [0.25, 0.3) is 0 Å². The lowest BCUT2D eigenvalue weighted by molar-refractivity contribution is -0.0512. The van der Waals surface area contributed by atoms with Crippen LogP contribution in [0.15, 0.2) is 0 Å². The van der Waals surface area contributed by atoms with Gasteiger partial charge in [-0.3, -0.25) is 0 Å². The maximum absolute atomic E-state index is 12.0. The van der Waals surface area contributed by atoms with Crippen molar-refractivity contribution in [2.24, 2.45) is 17.6 Å². The van der Waals surface area contributed by atoms with Crippen LogP contribution in [0.1, 0.15) is 27.2 Å². The molecule has 1 aliphatic carbocycles. The Morgan fingerprint density at radius 3 is 2.78 bits per heavy atom. The van der Waals surface area contributed by atoms with E-state index in [1.165, 1.54) is 0 Å². The Morgan fingerprint density at radius 2 is 2.22 bits per heavy atom. The van der Waals surface area contributed by atoms with Crippen LogP contribution in [-0.4, -0.2) is 48.9 Å². The van der Waals surface area contributed by atoms with E-state index in [9.17, 15) is 4.79 Å². The molecule has 0 aromatic rings. The highest BCUT2D eigenvalue weighted by atomic mass is 16.6. The summed E-state index contributed by atoms with van der Waals surface area (Å²) in [4.78, 5) is 13.7. The van der Waals surface area contributed by atoms with Crippen LogP contribution in [-0.2, 0) is 9.47 Å². The minimum atomic E-state index is -0.440. The first-order valence-electron chi connectivity index (χ1n) is 6.70. The number of nitrogens with two attached hydrogens (primary N) is 1. The molecule has 3 atom stereocenters. The van der Waals surface area contributed by atoms with Crippen molar-refractivity contribution in [3.63, 3.8) is 0 Å². The van der Waals surface area contributed by atoms with Crippen LogP contribution in [0, 0.1) is 11.8 Å². The van der Waals surface area contributed by atoms with Gasteiger partial charge in [-0.25, -0.2) is 4.79 Å². The molecule has 18 heavy (non-hydrogen) atoms. The fourth-order valence-electron chi connectivity index (χ4n) is 2.42. The summed E-state index contributed by atoms with van der Waals surface area (Å²) in [6.45, 7) is 8.21. The van der Waals surface area contributed by atoms with E-state index in [0.717, 1.165) is 13.0 Å². The normalized spacial score (nSPS) is 32.2. The van der Waals surface area contributed by atoms with Crippen molar-refractivity contribution in [3.8, 4) is 0 Å². The van der Waals surface area contributed by atoms with Gasteiger partial charge in [-0.05, 0) is 45.6 Å². The lowest BCUT2D eigenvalue weighted by atomic mass is 10.1. The zero-order chi connectivity index (χ0) is 13.3. The minimum absolute atomic E-state index is 0.139. The number of rotatable bonds is 2. The third kappa shape index (κ3) is 3.36. The predicted octanol–water partition coefficient (Wildman–Crippen LogP) is 1.22. The van der Waals surface area contributed by atoms with Gasteiger partial charge in [0.25, 0.3) is 0 Å². The molecule has 1 amide bonds. The quantitative estimate of drug-likeness (QED) is 0.806. The Hall–Kier alpha value is -0.810. The van der Waals surface area contributed by atoms with Crippen LogP contribution >= 0.6 is 0 Å². The van der Waals surface area contributed by atoms with Gasteiger partial charge in [-0.2, -0.15) is 0 Å². The van der Waals surface area contributed by atoms with Crippen LogP contribution in [0.3, 0.4) is 0 Å². The van der Waals surface area contributed by atoms with Gasteiger partial charge >= 0.3 is 6.09 Å². The molecule has 1 heterocycles.